The highest BCUT2D eigenvalue weighted by atomic mass is 35.5. The van der Waals surface area contributed by atoms with E-state index in [-0.39, 0.29) is 5.78 Å². The second-order valence-electron chi connectivity index (χ2n) is 2.22. The van der Waals surface area contributed by atoms with Crippen LogP contribution >= 0.6 is 11.6 Å². The van der Waals surface area contributed by atoms with Crippen molar-refractivity contribution >= 4 is 17.4 Å². The third-order valence-electron chi connectivity index (χ3n) is 1.31. The summed E-state index contributed by atoms with van der Waals surface area (Å²) in [5, 5.41) is -0.473. The summed E-state index contributed by atoms with van der Waals surface area (Å²) in [5.74, 6) is -0.0835. The molecule has 3 heteroatoms. The maximum absolute atomic E-state index is 11.2. The van der Waals surface area contributed by atoms with Crippen molar-refractivity contribution in [1.29, 1.82) is 0 Å². The SMILES string of the molecule is C[C@H](Cl)C(=O)c1cccnc1. The van der Waals surface area contributed by atoms with Gasteiger partial charge in [-0.05, 0) is 19.1 Å². The molecule has 0 N–H and O–H groups in total. The van der Waals surface area contributed by atoms with Crippen molar-refractivity contribution in [1.82, 2.24) is 4.98 Å². The molecular weight excluding hydrogens is 162 g/mol. The zero-order valence-electron chi connectivity index (χ0n) is 6.12. The molecule has 1 rings (SSSR count). The van der Waals surface area contributed by atoms with Gasteiger partial charge in [-0.2, -0.15) is 0 Å². The number of rotatable bonds is 2. The minimum Gasteiger partial charge on any atom is -0.292 e. The maximum atomic E-state index is 11.2. The summed E-state index contributed by atoms with van der Waals surface area (Å²) < 4.78 is 0. The molecular formula is C8H8ClNO. The van der Waals surface area contributed by atoms with Crippen LogP contribution in [0.5, 0.6) is 0 Å². The van der Waals surface area contributed by atoms with Crippen molar-refractivity contribution in [3.8, 4) is 0 Å². The van der Waals surface area contributed by atoms with Crippen LogP contribution in [0.25, 0.3) is 0 Å². The van der Waals surface area contributed by atoms with Gasteiger partial charge >= 0.3 is 0 Å². The molecule has 11 heavy (non-hydrogen) atoms. The summed E-state index contributed by atoms with van der Waals surface area (Å²) in [6.07, 6.45) is 3.14. The smallest absolute Gasteiger partial charge is 0.181 e. The molecule has 0 aliphatic carbocycles. The van der Waals surface area contributed by atoms with E-state index in [1.807, 2.05) is 0 Å². The number of hydrogen-bond acceptors (Lipinski definition) is 2. The van der Waals surface area contributed by atoms with E-state index in [1.165, 1.54) is 6.20 Å². The molecule has 2 nitrogen and oxygen atoms in total. The molecule has 0 aromatic carbocycles. The third-order valence-corrected chi connectivity index (χ3v) is 1.51. The Morgan fingerprint density at radius 1 is 1.73 bits per heavy atom. The van der Waals surface area contributed by atoms with Crippen LogP contribution in [-0.2, 0) is 0 Å². The van der Waals surface area contributed by atoms with E-state index in [0.717, 1.165) is 0 Å². The lowest BCUT2D eigenvalue weighted by Crippen LogP contribution is -2.10. The van der Waals surface area contributed by atoms with Crippen LogP contribution < -0.4 is 0 Å². The second-order valence-corrected chi connectivity index (χ2v) is 2.88. The lowest BCUT2D eigenvalue weighted by atomic mass is 10.1. The summed E-state index contributed by atoms with van der Waals surface area (Å²) >= 11 is 5.59. The minimum atomic E-state index is -0.473. The van der Waals surface area contributed by atoms with Gasteiger partial charge in [-0.25, -0.2) is 0 Å². The maximum Gasteiger partial charge on any atom is 0.181 e. The second kappa shape index (κ2) is 3.49. The first-order valence-corrected chi connectivity index (χ1v) is 3.74. The highest BCUT2D eigenvalue weighted by Crippen LogP contribution is 2.05. The summed E-state index contributed by atoms with van der Waals surface area (Å²) in [6.45, 7) is 1.65. The zero-order chi connectivity index (χ0) is 8.27. The zero-order valence-corrected chi connectivity index (χ0v) is 6.88. The van der Waals surface area contributed by atoms with Gasteiger partial charge in [-0.3, -0.25) is 9.78 Å². The van der Waals surface area contributed by atoms with E-state index in [4.69, 9.17) is 11.6 Å². The average molecular weight is 170 g/mol. The number of ketones is 1. The van der Waals surface area contributed by atoms with Gasteiger partial charge in [0, 0.05) is 18.0 Å². The molecule has 0 aliphatic heterocycles. The fourth-order valence-corrected chi connectivity index (χ4v) is 0.864. The number of alkyl halides is 1. The van der Waals surface area contributed by atoms with Gasteiger partial charge in [0.05, 0.1) is 5.38 Å². The Kier molecular flexibility index (Phi) is 2.60. The molecule has 1 aromatic heterocycles. The molecule has 0 bridgehead atoms. The van der Waals surface area contributed by atoms with Gasteiger partial charge in [0.1, 0.15) is 0 Å². The van der Waals surface area contributed by atoms with Crippen LogP contribution in [0.15, 0.2) is 24.5 Å². The van der Waals surface area contributed by atoms with E-state index < -0.39 is 5.38 Å². The number of carbonyl (C=O) groups excluding carboxylic acids is 1. The fourth-order valence-electron chi connectivity index (χ4n) is 0.738. The molecule has 0 aliphatic rings. The van der Waals surface area contributed by atoms with Gasteiger partial charge in [-0.15, -0.1) is 11.6 Å². The molecule has 0 saturated carbocycles. The van der Waals surface area contributed by atoms with Gasteiger partial charge in [0.15, 0.2) is 5.78 Å². The lowest BCUT2D eigenvalue weighted by Gasteiger charge is -1.99. The van der Waals surface area contributed by atoms with Crippen molar-refractivity contribution in [2.24, 2.45) is 0 Å². The predicted octanol–water partition coefficient (Wildman–Crippen LogP) is 1.89. The Morgan fingerprint density at radius 3 is 2.91 bits per heavy atom. The Balaban J connectivity index is 2.86. The average Bonchev–Trinajstić information content (AvgIpc) is 2.05. The molecule has 58 valence electrons. The highest BCUT2D eigenvalue weighted by molar-refractivity contribution is 6.33. The van der Waals surface area contributed by atoms with Crippen molar-refractivity contribution in [2.75, 3.05) is 0 Å². The van der Waals surface area contributed by atoms with Crippen LogP contribution in [0.3, 0.4) is 0 Å². The summed E-state index contributed by atoms with van der Waals surface area (Å²) in [7, 11) is 0. The molecule has 0 fully saturated rings. The van der Waals surface area contributed by atoms with Crippen LogP contribution in [0.2, 0.25) is 0 Å². The first kappa shape index (κ1) is 8.21. The quantitative estimate of drug-likeness (QED) is 0.500. The number of aromatic nitrogens is 1. The summed E-state index contributed by atoms with van der Waals surface area (Å²) in [6, 6.07) is 3.42. The third kappa shape index (κ3) is 2.02. The van der Waals surface area contributed by atoms with E-state index in [0.29, 0.717) is 5.56 Å². The molecule has 0 saturated heterocycles. The van der Waals surface area contributed by atoms with Crippen LogP contribution in [0.4, 0.5) is 0 Å². The Bertz CT molecular complexity index is 246. The monoisotopic (exact) mass is 169 g/mol. The van der Waals surface area contributed by atoms with Gasteiger partial charge < -0.3 is 0 Å². The number of halogens is 1. The molecule has 0 unspecified atom stereocenters. The van der Waals surface area contributed by atoms with Crippen LogP contribution in [0, 0.1) is 0 Å². The normalized spacial score (nSPS) is 12.5. The first-order valence-electron chi connectivity index (χ1n) is 3.30. The first-order chi connectivity index (χ1) is 5.22. The van der Waals surface area contributed by atoms with Crippen LogP contribution in [0.1, 0.15) is 17.3 Å². The Hall–Kier alpha value is -0.890. The lowest BCUT2D eigenvalue weighted by molar-refractivity contribution is 0.0991. The van der Waals surface area contributed by atoms with Gasteiger partial charge in [0.25, 0.3) is 0 Å². The largest absolute Gasteiger partial charge is 0.292 e. The van der Waals surface area contributed by atoms with E-state index in [1.54, 1.807) is 25.3 Å². The number of hydrogen-bond donors (Lipinski definition) is 0. The Morgan fingerprint density at radius 2 is 2.45 bits per heavy atom. The topological polar surface area (TPSA) is 30.0 Å². The molecule has 1 heterocycles. The van der Waals surface area contributed by atoms with E-state index >= 15 is 0 Å². The summed E-state index contributed by atoms with van der Waals surface area (Å²) in [5.41, 5.74) is 0.565. The molecule has 0 spiro atoms. The number of carbonyl (C=O) groups is 1. The molecule has 1 aromatic rings. The number of Topliss-reactive ketones (excluding diaryl/α,β-unsaturated/α-hetero) is 1. The van der Waals surface area contributed by atoms with Crippen LogP contribution in [-0.4, -0.2) is 16.1 Å². The molecule has 0 radical (unpaired) electrons. The molecule has 1 atom stereocenters. The fraction of sp³-hybridized carbons (Fsp3) is 0.250. The highest BCUT2D eigenvalue weighted by Gasteiger charge is 2.10. The Labute approximate surface area is 70.2 Å². The van der Waals surface area contributed by atoms with Crippen molar-refractivity contribution in [3.05, 3.63) is 30.1 Å². The van der Waals surface area contributed by atoms with Crippen molar-refractivity contribution in [2.45, 2.75) is 12.3 Å². The van der Waals surface area contributed by atoms with Gasteiger partial charge in [0.2, 0.25) is 0 Å². The van der Waals surface area contributed by atoms with E-state index in [9.17, 15) is 4.79 Å². The standard InChI is InChI=1S/C8H8ClNO/c1-6(9)8(11)7-3-2-4-10-5-7/h2-6H,1H3/t6-/m0/s1. The van der Waals surface area contributed by atoms with Crippen molar-refractivity contribution < 1.29 is 4.79 Å². The molecule has 0 amide bonds. The van der Waals surface area contributed by atoms with Crippen molar-refractivity contribution in [3.63, 3.8) is 0 Å². The van der Waals surface area contributed by atoms with Gasteiger partial charge in [-0.1, -0.05) is 0 Å². The summed E-state index contributed by atoms with van der Waals surface area (Å²) in [4.78, 5) is 15.0. The number of pyridine rings is 1. The predicted molar refractivity (Wildman–Crippen MR) is 43.9 cm³/mol. The minimum absolute atomic E-state index is 0.0835. The van der Waals surface area contributed by atoms with E-state index in [2.05, 4.69) is 4.98 Å². The number of nitrogens with zero attached hydrogens (tertiary/aromatic N) is 1.